The third-order valence-electron chi connectivity index (χ3n) is 2.58. The second kappa shape index (κ2) is 6.53. The predicted octanol–water partition coefficient (Wildman–Crippen LogP) is 3.61. The molecule has 1 aromatic rings. The van der Waals surface area contributed by atoms with Gasteiger partial charge in [0.2, 0.25) is 0 Å². The van der Waals surface area contributed by atoms with Crippen LogP contribution in [0.15, 0.2) is 0 Å². The van der Waals surface area contributed by atoms with E-state index in [9.17, 15) is 0 Å². The Morgan fingerprint density at radius 1 is 1.00 bits per heavy atom. The van der Waals surface area contributed by atoms with Crippen molar-refractivity contribution in [3.63, 3.8) is 0 Å². The van der Waals surface area contributed by atoms with Crippen LogP contribution in [0.5, 0.6) is 0 Å². The Bertz CT molecular complexity index is 324. The molecule has 0 fully saturated rings. The summed E-state index contributed by atoms with van der Waals surface area (Å²) in [7, 11) is 0. The van der Waals surface area contributed by atoms with Crippen molar-refractivity contribution in [2.45, 2.75) is 27.7 Å². The molecule has 0 radical (unpaired) electrons. The Balaban J connectivity index is 0. The summed E-state index contributed by atoms with van der Waals surface area (Å²) in [5, 5.41) is 0. The van der Waals surface area contributed by atoms with Gasteiger partial charge in [-0.25, -0.2) is 11.6 Å². The first-order valence-corrected chi connectivity index (χ1v) is 4.12. The van der Waals surface area contributed by atoms with Gasteiger partial charge in [-0.05, 0) is 0 Å². The maximum atomic E-state index is 5.48. The van der Waals surface area contributed by atoms with Crippen LogP contribution in [0.3, 0.4) is 0 Å². The summed E-state index contributed by atoms with van der Waals surface area (Å²) >= 11 is 0. The molecule has 0 heterocycles. The zero-order valence-electron chi connectivity index (χ0n) is 9.73. The molecule has 0 amide bonds. The van der Waals surface area contributed by atoms with Gasteiger partial charge in [-0.1, -0.05) is 27.7 Å². The molecule has 1 heteroatoms. The van der Waals surface area contributed by atoms with E-state index in [0.29, 0.717) is 0 Å². The van der Waals surface area contributed by atoms with Crippen molar-refractivity contribution in [3.8, 4) is 0 Å². The van der Waals surface area contributed by atoms with E-state index in [1.54, 1.807) is 6.08 Å². The molecule has 0 aromatic heterocycles. The number of hydrogen-bond donors (Lipinski definition) is 0. The molecule has 0 spiro atoms. The minimum Gasteiger partial charge on any atom is -0.358 e. The SMILES string of the molecule is [CH-]=Cc1[c-]c(C)c(C)c(C)c1C.[CH3-].[Y+3]. The molecule has 0 bridgehead atoms. The van der Waals surface area contributed by atoms with Crippen molar-refractivity contribution >= 4 is 6.08 Å². The van der Waals surface area contributed by atoms with Crippen LogP contribution in [0, 0.1) is 47.8 Å². The molecule has 0 N–H and O–H groups in total. The van der Waals surface area contributed by atoms with E-state index in [1.807, 2.05) is 0 Å². The third-order valence-corrected chi connectivity index (χ3v) is 2.58. The molecule has 0 aliphatic heterocycles. The van der Waals surface area contributed by atoms with E-state index in [2.05, 4.69) is 33.8 Å². The minimum atomic E-state index is 0. The van der Waals surface area contributed by atoms with E-state index < -0.39 is 0 Å². The van der Waals surface area contributed by atoms with Gasteiger partial charge in [0.05, 0.1) is 0 Å². The van der Waals surface area contributed by atoms with Crippen molar-refractivity contribution in [2.24, 2.45) is 0 Å². The van der Waals surface area contributed by atoms with E-state index in [4.69, 9.17) is 6.58 Å². The summed E-state index contributed by atoms with van der Waals surface area (Å²) in [6, 6.07) is 3.25. The average Bonchev–Trinajstić information content (AvgIpc) is 2.08. The van der Waals surface area contributed by atoms with Crippen LogP contribution < -0.4 is 0 Å². The minimum absolute atomic E-state index is 0. The van der Waals surface area contributed by atoms with E-state index in [-0.39, 0.29) is 40.1 Å². The predicted molar refractivity (Wildman–Crippen MR) is 59.4 cm³/mol. The van der Waals surface area contributed by atoms with Gasteiger partial charge < -0.3 is 25.6 Å². The molecular formula is C13H17Y. The molecule has 0 aliphatic carbocycles. The summed E-state index contributed by atoms with van der Waals surface area (Å²) in [4.78, 5) is 0. The van der Waals surface area contributed by atoms with Gasteiger partial charge in [0.25, 0.3) is 0 Å². The van der Waals surface area contributed by atoms with E-state index in [1.165, 1.54) is 22.3 Å². The summed E-state index contributed by atoms with van der Waals surface area (Å²) in [6.45, 7) is 13.9. The van der Waals surface area contributed by atoms with Crippen molar-refractivity contribution in [1.82, 2.24) is 0 Å². The fraction of sp³-hybridized carbons (Fsp3) is 0.308. The topological polar surface area (TPSA) is 0 Å². The molecule has 0 saturated carbocycles. The first kappa shape index (κ1) is 16.5. The fourth-order valence-electron chi connectivity index (χ4n) is 1.32. The van der Waals surface area contributed by atoms with Gasteiger partial charge in [-0.3, -0.25) is 0 Å². The van der Waals surface area contributed by atoms with Crippen LogP contribution in [0.1, 0.15) is 27.8 Å². The van der Waals surface area contributed by atoms with Crippen molar-refractivity contribution in [2.75, 3.05) is 0 Å². The third kappa shape index (κ3) is 3.03. The van der Waals surface area contributed by atoms with Crippen molar-refractivity contribution in [3.05, 3.63) is 47.9 Å². The van der Waals surface area contributed by atoms with Crippen molar-refractivity contribution < 1.29 is 32.7 Å². The summed E-state index contributed by atoms with van der Waals surface area (Å²) in [5.41, 5.74) is 6.09. The number of benzene rings is 1. The zero-order valence-corrected chi connectivity index (χ0v) is 12.6. The molecule has 1 aromatic carbocycles. The standard InChI is InChI=1S/C12H14.CH3.Y/c1-6-12-7-8(2)9(3)10(4)11(12)5;;/h1,6H,2-5H3;1H3;/q-2;-1;+3. The van der Waals surface area contributed by atoms with Crippen LogP contribution in [0.2, 0.25) is 0 Å². The Morgan fingerprint density at radius 2 is 1.50 bits per heavy atom. The molecule has 1 rings (SSSR count). The maximum absolute atomic E-state index is 5.48. The molecule has 0 aliphatic rings. The molecule has 0 nitrogen and oxygen atoms in total. The van der Waals surface area contributed by atoms with Crippen LogP contribution in [0.4, 0.5) is 0 Å². The first-order valence-electron chi connectivity index (χ1n) is 4.12. The summed E-state index contributed by atoms with van der Waals surface area (Å²) in [5.74, 6) is 0. The Labute approximate surface area is 114 Å². The quantitative estimate of drug-likeness (QED) is 0.678. The first-order chi connectivity index (χ1) is 5.57. The maximum Gasteiger partial charge on any atom is 3.00 e. The average molecular weight is 262 g/mol. The normalized spacial score (nSPS) is 8.57. The largest absolute Gasteiger partial charge is 3.00 e. The molecule has 0 atom stereocenters. The molecule has 0 saturated heterocycles. The number of rotatable bonds is 1. The number of aryl methyl sites for hydroxylation is 1. The van der Waals surface area contributed by atoms with Gasteiger partial charge in [-0.15, -0.1) is 11.1 Å². The molecule has 14 heavy (non-hydrogen) atoms. The van der Waals surface area contributed by atoms with Crippen LogP contribution in [0.25, 0.3) is 6.08 Å². The smallest absolute Gasteiger partial charge is 0.358 e. The number of hydrogen-bond acceptors (Lipinski definition) is 0. The van der Waals surface area contributed by atoms with Gasteiger partial charge in [0, 0.05) is 0 Å². The Hall–Kier alpha value is 0.0639. The Kier molecular flexibility index (Phi) is 7.69. The van der Waals surface area contributed by atoms with Gasteiger partial charge in [-0.2, -0.15) is 5.56 Å². The summed E-state index contributed by atoms with van der Waals surface area (Å²) < 4.78 is 0. The van der Waals surface area contributed by atoms with Crippen LogP contribution in [-0.2, 0) is 32.7 Å². The fourth-order valence-corrected chi connectivity index (χ4v) is 1.32. The summed E-state index contributed by atoms with van der Waals surface area (Å²) in [6.07, 6.45) is 1.62. The molecule has 0 unspecified atom stereocenters. The Morgan fingerprint density at radius 3 is 1.93 bits per heavy atom. The van der Waals surface area contributed by atoms with E-state index >= 15 is 0 Å². The van der Waals surface area contributed by atoms with Crippen LogP contribution >= 0.6 is 0 Å². The second-order valence-electron chi connectivity index (χ2n) is 3.21. The monoisotopic (exact) mass is 262 g/mol. The molecular weight excluding hydrogens is 245 g/mol. The van der Waals surface area contributed by atoms with E-state index in [0.717, 1.165) is 5.56 Å². The van der Waals surface area contributed by atoms with Gasteiger partial charge >= 0.3 is 32.7 Å². The molecule has 72 valence electrons. The van der Waals surface area contributed by atoms with Gasteiger partial charge in [0.15, 0.2) is 0 Å². The second-order valence-corrected chi connectivity index (χ2v) is 3.21. The van der Waals surface area contributed by atoms with Gasteiger partial charge in [0.1, 0.15) is 0 Å². The zero-order chi connectivity index (χ0) is 9.30. The van der Waals surface area contributed by atoms with Crippen LogP contribution in [-0.4, -0.2) is 0 Å². The van der Waals surface area contributed by atoms with Crippen molar-refractivity contribution in [1.29, 1.82) is 0 Å².